The molecule has 0 bridgehead atoms. The summed E-state index contributed by atoms with van der Waals surface area (Å²) in [4.78, 5) is 26.7. The van der Waals surface area contributed by atoms with E-state index in [1.807, 2.05) is 62.5 Å². The van der Waals surface area contributed by atoms with Gasteiger partial charge in [0.15, 0.2) is 0 Å². The van der Waals surface area contributed by atoms with E-state index in [-0.39, 0.29) is 18.4 Å². The average Bonchev–Trinajstić information content (AvgIpc) is 3.05. The molecule has 1 N–H and O–H groups in total. The Balaban J connectivity index is 1.94. The van der Waals surface area contributed by atoms with Crippen LogP contribution in [0.2, 0.25) is 0 Å². The molecule has 2 amide bonds. The number of aromatic nitrogens is 1. The minimum Gasteiger partial charge on any atom is -0.355 e. The van der Waals surface area contributed by atoms with Crippen molar-refractivity contribution in [1.29, 1.82) is 0 Å². The molecule has 0 aliphatic heterocycles. The van der Waals surface area contributed by atoms with E-state index < -0.39 is 0 Å². The van der Waals surface area contributed by atoms with E-state index in [2.05, 4.69) is 22.0 Å². The molecular formula is C22H25N3O2. The molecule has 0 fully saturated rings. The Bertz CT molecular complexity index is 931. The molecule has 0 saturated carbocycles. The molecule has 0 unspecified atom stereocenters. The number of nitrogens with zero attached hydrogens (tertiary/aromatic N) is 2. The lowest BCUT2D eigenvalue weighted by molar-refractivity contribution is -0.121. The molecule has 0 saturated heterocycles. The first kappa shape index (κ1) is 18.7. The first-order valence-corrected chi connectivity index (χ1v) is 9.31. The number of nitrogens with one attached hydrogen (secondary N) is 1. The maximum absolute atomic E-state index is 13.1. The predicted octanol–water partition coefficient (Wildman–Crippen LogP) is 3.29. The van der Waals surface area contributed by atoms with E-state index in [1.54, 1.807) is 4.90 Å². The zero-order valence-corrected chi connectivity index (χ0v) is 15.8. The van der Waals surface area contributed by atoms with Gasteiger partial charge in [-0.25, -0.2) is 0 Å². The maximum atomic E-state index is 13.1. The molecule has 0 aliphatic carbocycles. The number of carbonyl (C=O) groups is 2. The second-order valence-corrected chi connectivity index (χ2v) is 6.45. The van der Waals surface area contributed by atoms with E-state index in [9.17, 15) is 9.59 Å². The van der Waals surface area contributed by atoms with Gasteiger partial charge in [0, 0.05) is 36.7 Å². The molecule has 0 radical (unpaired) electrons. The second-order valence-electron chi connectivity index (χ2n) is 6.45. The van der Waals surface area contributed by atoms with Crippen molar-refractivity contribution in [3.05, 3.63) is 71.9 Å². The van der Waals surface area contributed by atoms with Crippen LogP contribution in [0.15, 0.2) is 60.8 Å². The van der Waals surface area contributed by atoms with Gasteiger partial charge < -0.3 is 14.8 Å². The molecule has 2 aromatic carbocycles. The molecule has 5 nitrogen and oxygen atoms in total. The van der Waals surface area contributed by atoms with Crippen LogP contribution in [0.5, 0.6) is 0 Å². The topological polar surface area (TPSA) is 54.3 Å². The van der Waals surface area contributed by atoms with E-state index in [0.717, 1.165) is 10.9 Å². The molecule has 27 heavy (non-hydrogen) atoms. The lowest BCUT2D eigenvalue weighted by atomic mass is 10.1. The van der Waals surface area contributed by atoms with Gasteiger partial charge in [0.25, 0.3) is 5.91 Å². The maximum Gasteiger partial charge on any atom is 0.256 e. The van der Waals surface area contributed by atoms with Gasteiger partial charge in [-0.05, 0) is 25.5 Å². The third-order valence-electron chi connectivity index (χ3n) is 4.59. The number of amides is 2. The van der Waals surface area contributed by atoms with Crippen LogP contribution in [0.1, 0.15) is 29.8 Å². The summed E-state index contributed by atoms with van der Waals surface area (Å²) in [5.41, 5.74) is 2.82. The number of para-hydroxylation sites is 1. The Hall–Kier alpha value is -3.08. The van der Waals surface area contributed by atoms with Crippen molar-refractivity contribution in [2.75, 3.05) is 19.6 Å². The van der Waals surface area contributed by atoms with Crippen molar-refractivity contribution in [2.24, 2.45) is 0 Å². The summed E-state index contributed by atoms with van der Waals surface area (Å²) in [5.74, 6) is -0.257. The smallest absolute Gasteiger partial charge is 0.256 e. The van der Waals surface area contributed by atoms with Crippen molar-refractivity contribution in [3.8, 4) is 0 Å². The highest BCUT2D eigenvalue weighted by molar-refractivity contribution is 6.07. The fourth-order valence-corrected chi connectivity index (χ4v) is 3.25. The standard InChI is InChI=1S/C22H25N3O2/c1-3-23-21(26)16-24(4-2)22(27)19-15-25(14-17-10-6-5-7-11-17)20-13-9-8-12-18(19)20/h5-13,15H,3-4,14,16H2,1-2H3,(H,23,26). The molecule has 0 aliphatic rings. The molecule has 3 aromatic rings. The van der Waals surface area contributed by atoms with Crippen LogP contribution in [-0.2, 0) is 11.3 Å². The summed E-state index contributed by atoms with van der Waals surface area (Å²) in [6, 6.07) is 18.1. The third kappa shape index (κ3) is 4.19. The lowest BCUT2D eigenvalue weighted by Crippen LogP contribution is -2.40. The highest BCUT2D eigenvalue weighted by atomic mass is 16.2. The Morgan fingerprint density at radius 3 is 2.41 bits per heavy atom. The number of benzene rings is 2. The largest absolute Gasteiger partial charge is 0.355 e. The lowest BCUT2D eigenvalue weighted by Gasteiger charge is -2.19. The number of hydrogen-bond donors (Lipinski definition) is 1. The Labute approximate surface area is 159 Å². The predicted molar refractivity (Wildman–Crippen MR) is 108 cm³/mol. The summed E-state index contributed by atoms with van der Waals surface area (Å²) < 4.78 is 2.10. The SMILES string of the molecule is CCNC(=O)CN(CC)C(=O)c1cn(Cc2ccccc2)c2ccccc12. The first-order valence-electron chi connectivity index (χ1n) is 9.31. The quantitative estimate of drug-likeness (QED) is 0.700. The summed E-state index contributed by atoms with van der Waals surface area (Å²) >= 11 is 0. The Morgan fingerprint density at radius 1 is 1.00 bits per heavy atom. The first-order chi connectivity index (χ1) is 13.1. The van der Waals surface area contributed by atoms with E-state index in [4.69, 9.17) is 0 Å². The van der Waals surface area contributed by atoms with Gasteiger partial charge in [-0.2, -0.15) is 0 Å². The van der Waals surface area contributed by atoms with Gasteiger partial charge in [0.2, 0.25) is 5.91 Å². The van der Waals surface area contributed by atoms with E-state index in [1.165, 1.54) is 5.56 Å². The third-order valence-corrected chi connectivity index (χ3v) is 4.59. The fourth-order valence-electron chi connectivity index (χ4n) is 3.25. The van der Waals surface area contributed by atoms with Crippen LogP contribution < -0.4 is 5.32 Å². The van der Waals surface area contributed by atoms with E-state index >= 15 is 0 Å². The normalized spacial score (nSPS) is 10.7. The van der Waals surface area contributed by atoms with Gasteiger partial charge in [-0.1, -0.05) is 48.5 Å². The van der Waals surface area contributed by atoms with Crippen molar-refractivity contribution < 1.29 is 9.59 Å². The summed E-state index contributed by atoms with van der Waals surface area (Å²) in [5, 5.41) is 3.66. The number of carbonyl (C=O) groups excluding carboxylic acids is 2. The molecule has 5 heteroatoms. The van der Waals surface area contributed by atoms with E-state index in [0.29, 0.717) is 25.2 Å². The number of hydrogen-bond acceptors (Lipinski definition) is 2. The van der Waals surface area contributed by atoms with Crippen LogP contribution in [0.3, 0.4) is 0 Å². The van der Waals surface area contributed by atoms with Crippen LogP contribution in [0.4, 0.5) is 0 Å². The van der Waals surface area contributed by atoms with Gasteiger partial charge in [0.05, 0.1) is 12.1 Å². The van der Waals surface area contributed by atoms with Gasteiger partial charge in [-0.3, -0.25) is 9.59 Å². The molecule has 0 spiro atoms. The average molecular weight is 363 g/mol. The van der Waals surface area contributed by atoms with Gasteiger partial charge >= 0.3 is 0 Å². The number of fused-ring (bicyclic) bond motifs is 1. The Kier molecular flexibility index (Phi) is 5.91. The summed E-state index contributed by atoms with van der Waals surface area (Å²) in [7, 11) is 0. The van der Waals surface area contributed by atoms with Crippen molar-refractivity contribution in [1.82, 2.24) is 14.8 Å². The van der Waals surface area contributed by atoms with Crippen LogP contribution in [0, 0.1) is 0 Å². The highest BCUT2D eigenvalue weighted by Crippen LogP contribution is 2.24. The summed E-state index contributed by atoms with van der Waals surface area (Å²) in [6.07, 6.45) is 1.90. The monoisotopic (exact) mass is 363 g/mol. The molecule has 1 heterocycles. The van der Waals surface area contributed by atoms with Crippen molar-refractivity contribution in [3.63, 3.8) is 0 Å². The van der Waals surface area contributed by atoms with Crippen molar-refractivity contribution in [2.45, 2.75) is 20.4 Å². The molecule has 140 valence electrons. The minimum atomic E-state index is -0.138. The van der Waals surface area contributed by atoms with Crippen LogP contribution in [0.25, 0.3) is 10.9 Å². The van der Waals surface area contributed by atoms with Gasteiger partial charge in [0.1, 0.15) is 0 Å². The summed E-state index contributed by atoms with van der Waals surface area (Å²) in [6.45, 7) is 5.56. The second kappa shape index (κ2) is 8.54. The molecule has 0 atom stereocenters. The fraction of sp³-hybridized carbons (Fsp3) is 0.273. The van der Waals surface area contributed by atoms with Crippen LogP contribution in [-0.4, -0.2) is 40.9 Å². The molecule has 1 aromatic heterocycles. The van der Waals surface area contributed by atoms with Gasteiger partial charge in [-0.15, -0.1) is 0 Å². The molecule has 3 rings (SSSR count). The number of likely N-dealkylation sites (N-methyl/N-ethyl adjacent to an activating group) is 2. The zero-order chi connectivity index (χ0) is 19.2. The van der Waals surface area contributed by atoms with Crippen molar-refractivity contribution >= 4 is 22.7 Å². The highest BCUT2D eigenvalue weighted by Gasteiger charge is 2.21. The zero-order valence-electron chi connectivity index (χ0n) is 15.8. The molecular weight excluding hydrogens is 338 g/mol. The minimum absolute atomic E-state index is 0.0708. The van der Waals surface area contributed by atoms with Crippen LogP contribution >= 0.6 is 0 Å². The Morgan fingerprint density at radius 2 is 1.70 bits per heavy atom. The number of rotatable bonds is 7.